The lowest BCUT2D eigenvalue weighted by Crippen LogP contribution is -2.32. The third kappa shape index (κ3) is 2.17. The number of hydrogen-bond acceptors (Lipinski definition) is 5. The van der Waals surface area contributed by atoms with Crippen LogP contribution in [-0.2, 0) is 13.0 Å². The molecule has 0 saturated heterocycles. The lowest BCUT2D eigenvalue weighted by Gasteiger charge is -2.04. The second-order valence-electron chi connectivity index (χ2n) is 3.69. The molecule has 1 N–H and O–H groups in total. The van der Waals surface area contributed by atoms with Gasteiger partial charge in [0.15, 0.2) is 0 Å². The first-order chi connectivity index (χ1) is 8.11. The Hall–Kier alpha value is -2.18. The number of aryl methyl sites for hydroxylation is 2. The van der Waals surface area contributed by atoms with Crippen molar-refractivity contribution in [3.8, 4) is 0 Å². The number of nitrogens with one attached hydrogen (secondary N) is 1. The summed E-state index contributed by atoms with van der Waals surface area (Å²) in [6.07, 6.45) is 2.10. The first-order valence-electron chi connectivity index (χ1n) is 5.22. The van der Waals surface area contributed by atoms with Gasteiger partial charge in [0.05, 0.1) is 6.54 Å². The highest BCUT2D eigenvalue weighted by Gasteiger charge is 2.09. The van der Waals surface area contributed by atoms with Crippen LogP contribution >= 0.6 is 0 Å². The molecule has 0 radical (unpaired) electrons. The van der Waals surface area contributed by atoms with Crippen LogP contribution in [0.1, 0.15) is 23.9 Å². The molecule has 0 bridgehead atoms. The molecule has 90 valence electrons. The average Bonchev–Trinajstić information content (AvgIpc) is 2.68. The van der Waals surface area contributed by atoms with Crippen LogP contribution in [0, 0.1) is 6.92 Å². The van der Waals surface area contributed by atoms with Gasteiger partial charge in [-0.05, 0) is 13.3 Å². The number of hydrogen-bond donors (Lipinski definition) is 1. The molecule has 0 spiro atoms. The van der Waals surface area contributed by atoms with E-state index in [-0.39, 0.29) is 12.1 Å². The van der Waals surface area contributed by atoms with Crippen molar-refractivity contribution >= 4 is 0 Å². The fourth-order valence-corrected chi connectivity index (χ4v) is 1.48. The van der Waals surface area contributed by atoms with Crippen LogP contribution in [0.4, 0.5) is 0 Å². The summed E-state index contributed by atoms with van der Waals surface area (Å²) in [6.45, 7) is 3.82. The summed E-state index contributed by atoms with van der Waals surface area (Å²) < 4.78 is 5.93. The molecule has 7 heteroatoms. The standard InChI is InChI=1S/C10H12N4O3/c1-3-7-4-14(10(16)11-9(7)15)5-8-6(2)12-17-13-8/h4H,3,5H2,1-2H3,(H,11,15,16). The predicted molar refractivity (Wildman–Crippen MR) is 58.8 cm³/mol. The van der Waals surface area contributed by atoms with E-state index in [2.05, 4.69) is 19.9 Å². The molecule has 0 aliphatic carbocycles. The molecular formula is C10H12N4O3. The first-order valence-corrected chi connectivity index (χ1v) is 5.22. The van der Waals surface area contributed by atoms with E-state index in [4.69, 9.17) is 0 Å². The quantitative estimate of drug-likeness (QED) is 0.799. The molecule has 0 unspecified atom stereocenters. The Morgan fingerprint density at radius 2 is 2.18 bits per heavy atom. The Labute approximate surface area is 96.1 Å². The minimum Gasteiger partial charge on any atom is -0.294 e. The third-order valence-electron chi connectivity index (χ3n) is 2.53. The van der Waals surface area contributed by atoms with Crippen molar-refractivity contribution in [3.63, 3.8) is 0 Å². The molecule has 0 aliphatic heterocycles. The van der Waals surface area contributed by atoms with Crippen molar-refractivity contribution in [2.45, 2.75) is 26.8 Å². The van der Waals surface area contributed by atoms with Gasteiger partial charge in [-0.1, -0.05) is 17.2 Å². The summed E-state index contributed by atoms with van der Waals surface area (Å²) in [6, 6.07) is 0. The summed E-state index contributed by atoms with van der Waals surface area (Å²) in [5, 5.41) is 7.32. The Balaban J connectivity index is 2.43. The highest BCUT2D eigenvalue weighted by Crippen LogP contribution is 2.02. The van der Waals surface area contributed by atoms with Crippen LogP contribution in [0.15, 0.2) is 20.4 Å². The van der Waals surface area contributed by atoms with Crippen LogP contribution in [0.2, 0.25) is 0 Å². The molecule has 0 amide bonds. The summed E-state index contributed by atoms with van der Waals surface area (Å²) in [5.41, 5.74) is 0.944. The van der Waals surface area contributed by atoms with Crippen LogP contribution in [-0.4, -0.2) is 19.9 Å². The molecule has 2 aromatic rings. The minimum atomic E-state index is -0.463. The van der Waals surface area contributed by atoms with Crippen molar-refractivity contribution < 1.29 is 4.63 Å². The second kappa shape index (κ2) is 4.36. The Morgan fingerprint density at radius 3 is 2.76 bits per heavy atom. The van der Waals surface area contributed by atoms with E-state index < -0.39 is 5.69 Å². The molecule has 2 heterocycles. The van der Waals surface area contributed by atoms with Gasteiger partial charge >= 0.3 is 5.69 Å². The third-order valence-corrected chi connectivity index (χ3v) is 2.53. The number of aromatic amines is 1. The van der Waals surface area contributed by atoms with Crippen LogP contribution < -0.4 is 11.2 Å². The molecule has 2 aromatic heterocycles. The average molecular weight is 236 g/mol. The lowest BCUT2D eigenvalue weighted by molar-refractivity contribution is 0.300. The Kier molecular flexibility index (Phi) is 2.90. The zero-order valence-corrected chi connectivity index (χ0v) is 9.56. The molecule has 2 rings (SSSR count). The maximum atomic E-state index is 11.6. The molecular weight excluding hydrogens is 224 g/mol. The van der Waals surface area contributed by atoms with Crippen LogP contribution in [0.5, 0.6) is 0 Å². The van der Waals surface area contributed by atoms with E-state index in [0.717, 1.165) is 0 Å². The highest BCUT2D eigenvalue weighted by molar-refractivity contribution is 5.08. The largest absolute Gasteiger partial charge is 0.328 e. The summed E-state index contributed by atoms with van der Waals surface area (Å²) >= 11 is 0. The fourth-order valence-electron chi connectivity index (χ4n) is 1.48. The molecule has 0 aromatic carbocycles. The zero-order valence-electron chi connectivity index (χ0n) is 9.56. The normalized spacial score (nSPS) is 10.7. The fraction of sp³-hybridized carbons (Fsp3) is 0.400. The van der Waals surface area contributed by atoms with E-state index in [1.54, 1.807) is 6.92 Å². The van der Waals surface area contributed by atoms with Gasteiger partial charge in [0.2, 0.25) is 0 Å². The monoisotopic (exact) mass is 236 g/mol. The van der Waals surface area contributed by atoms with Gasteiger partial charge in [-0.25, -0.2) is 9.42 Å². The van der Waals surface area contributed by atoms with Gasteiger partial charge in [-0.3, -0.25) is 14.3 Å². The van der Waals surface area contributed by atoms with Crippen LogP contribution in [0.3, 0.4) is 0 Å². The molecule has 17 heavy (non-hydrogen) atoms. The van der Waals surface area contributed by atoms with Gasteiger partial charge in [-0.2, -0.15) is 0 Å². The summed E-state index contributed by atoms with van der Waals surface area (Å²) in [4.78, 5) is 25.2. The smallest absolute Gasteiger partial charge is 0.294 e. The van der Waals surface area contributed by atoms with Gasteiger partial charge in [-0.15, -0.1) is 0 Å². The highest BCUT2D eigenvalue weighted by atomic mass is 16.6. The second-order valence-corrected chi connectivity index (χ2v) is 3.69. The Bertz CT molecular complexity index is 637. The summed E-state index contributed by atoms with van der Waals surface area (Å²) in [7, 11) is 0. The number of H-pyrrole nitrogens is 1. The topological polar surface area (TPSA) is 93.8 Å². The van der Waals surface area contributed by atoms with Gasteiger partial charge in [0.1, 0.15) is 11.4 Å². The van der Waals surface area contributed by atoms with Crippen molar-refractivity contribution in [3.05, 3.63) is 44.0 Å². The van der Waals surface area contributed by atoms with Crippen LogP contribution in [0.25, 0.3) is 0 Å². The van der Waals surface area contributed by atoms with Crippen molar-refractivity contribution in [1.82, 2.24) is 19.9 Å². The van der Waals surface area contributed by atoms with E-state index in [1.807, 2.05) is 6.92 Å². The molecule has 7 nitrogen and oxygen atoms in total. The van der Waals surface area contributed by atoms with Crippen molar-refractivity contribution in [2.75, 3.05) is 0 Å². The van der Waals surface area contributed by atoms with Crippen molar-refractivity contribution in [1.29, 1.82) is 0 Å². The summed E-state index contributed by atoms with van der Waals surface area (Å²) in [5.74, 6) is 0. The first kappa shape index (κ1) is 11.3. The number of nitrogens with zero attached hydrogens (tertiary/aromatic N) is 3. The number of aromatic nitrogens is 4. The molecule has 0 saturated carbocycles. The zero-order chi connectivity index (χ0) is 12.4. The van der Waals surface area contributed by atoms with Gasteiger partial charge < -0.3 is 0 Å². The van der Waals surface area contributed by atoms with E-state index in [9.17, 15) is 9.59 Å². The van der Waals surface area contributed by atoms with Crippen molar-refractivity contribution in [2.24, 2.45) is 0 Å². The van der Waals surface area contributed by atoms with Gasteiger partial charge in [0.25, 0.3) is 5.56 Å². The predicted octanol–water partition coefficient (Wildman–Crippen LogP) is -0.161. The van der Waals surface area contributed by atoms with Gasteiger partial charge in [0, 0.05) is 11.8 Å². The SMILES string of the molecule is CCc1cn(Cc2nonc2C)c(=O)[nH]c1=O. The molecule has 0 aliphatic rings. The maximum absolute atomic E-state index is 11.6. The van der Waals surface area contributed by atoms with E-state index in [1.165, 1.54) is 10.8 Å². The van der Waals surface area contributed by atoms with E-state index >= 15 is 0 Å². The minimum absolute atomic E-state index is 0.234. The Morgan fingerprint density at radius 1 is 1.41 bits per heavy atom. The number of rotatable bonds is 3. The lowest BCUT2D eigenvalue weighted by atomic mass is 10.2. The molecule has 0 atom stereocenters. The maximum Gasteiger partial charge on any atom is 0.328 e. The van der Waals surface area contributed by atoms with E-state index in [0.29, 0.717) is 23.4 Å². The molecule has 0 fully saturated rings.